The molecule has 0 amide bonds. The van der Waals surface area contributed by atoms with Gasteiger partial charge < -0.3 is 10.7 Å². The molecule has 0 spiro atoms. The van der Waals surface area contributed by atoms with Crippen LogP contribution in [-0.4, -0.2) is 37.3 Å². The summed E-state index contributed by atoms with van der Waals surface area (Å²) in [5.74, 6) is 0.416. The molecule has 2 heterocycles. The molecule has 7 nitrogen and oxygen atoms in total. The zero-order valence-electron chi connectivity index (χ0n) is 10.5. The van der Waals surface area contributed by atoms with Crippen LogP contribution in [0, 0.1) is 5.92 Å². The van der Waals surface area contributed by atoms with Crippen LogP contribution in [0.5, 0.6) is 0 Å². The lowest BCUT2D eigenvalue weighted by Gasteiger charge is -2.30. The number of nitrogens with two attached hydrogens (primary N) is 1. The maximum Gasteiger partial charge on any atom is 0.304 e. The van der Waals surface area contributed by atoms with E-state index in [1.54, 1.807) is 5.38 Å². The number of piperidine rings is 1. The number of thiazole rings is 1. The Morgan fingerprint density at radius 3 is 2.68 bits per heavy atom. The van der Waals surface area contributed by atoms with Gasteiger partial charge in [-0.3, -0.25) is 4.79 Å². The summed E-state index contributed by atoms with van der Waals surface area (Å²) in [6, 6.07) is 0. The predicted octanol–water partition coefficient (Wildman–Crippen LogP) is -0.558. The Kier molecular flexibility index (Phi) is 4.74. The van der Waals surface area contributed by atoms with Crippen LogP contribution in [-0.2, 0) is 16.8 Å². The molecule has 4 N–H and O–H groups in total. The van der Waals surface area contributed by atoms with Crippen LogP contribution in [0.1, 0.15) is 18.5 Å². The lowest BCUT2D eigenvalue weighted by atomic mass is 9.99. The molecule has 9 heteroatoms. The first kappa shape index (κ1) is 14.7. The number of hydrogen-bond donors (Lipinski definition) is 3. The zero-order chi connectivity index (χ0) is 13.9. The van der Waals surface area contributed by atoms with Gasteiger partial charge in [0.2, 0.25) is 0 Å². The van der Waals surface area contributed by atoms with Crippen molar-refractivity contribution in [2.45, 2.75) is 19.4 Å². The second kappa shape index (κ2) is 6.14. The van der Waals surface area contributed by atoms with Crippen molar-refractivity contribution in [1.82, 2.24) is 14.0 Å². The van der Waals surface area contributed by atoms with Gasteiger partial charge >= 0.3 is 4.87 Å². The predicted molar refractivity (Wildman–Crippen MR) is 74.1 cm³/mol. The Bertz CT molecular complexity index is 557. The maximum atomic E-state index is 12.1. The molecule has 0 unspecified atom stereocenters. The highest BCUT2D eigenvalue weighted by molar-refractivity contribution is 7.87. The number of aromatic nitrogens is 1. The number of aromatic amines is 1. The Morgan fingerprint density at radius 2 is 2.16 bits per heavy atom. The number of H-pyrrole nitrogens is 1. The summed E-state index contributed by atoms with van der Waals surface area (Å²) >= 11 is 1.02. The second-order valence-electron chi connectivity index (χ2n) is 4.58. The van der Waals surface area contributed by atoms with Gasteiger partial charge in [-0.25, -0.2) is 0 Å². The molecule has 1 aromatic rings. The third-order valence-corrected chi connectivity index (χ3v) is 5.54. The van der Waals surface area contributed by atoms with Crippen molar-refractivity contribution in [2.75, 3.05) is 19.6 Å². The minimum atomic E-state index is -3.48. The second-order valence-corrected chi connectivity index (χ2v) is 7.18. The number of hydrogen-bond acceptors (Lipinski definition) is 5. The van der Waals surface area contributed by atoms with Gasteiger partial charge in [-0.15, -0.1) is 0 Å². The Hall–Kier alpha value is -0.740. The molecular weight excluding hydrogens is 288 g/mol. The van der Waals surface area contributed by atoms with Crippen LogP contribution >= 0.6 is 11.3 Å². The van der Waals surface area contributed by atoms with Gasteiger partial charge in [0, 0.05) is 24.2 Å². The molecule has 1 aromatic heterocycles. The summed E-state index contributed by atoms with van der Waals surface area (Å²) in [7, 11) is -3.48. The summed E-state index contributed by atoms with van der Waals surface area (Å²) in [5.41, 5.74) is 6.16. The van der Waals surface area contributed by atoms with Gasteiger partial charge in [0.25, 0.3) is 10.2 Å². The van der Waals surface area contributed by atoms with E-state index >= 15 is 0 Å². The van der Waals surface area contributed by atoms with E-state index in [2.05, 4.69) is 9.71 Å². The number of nitrogens with zero attached hydrogens (tertiary/aromatic N) is 1. The van der Waals surface area contributed by atoms with Crippen LogP contribution in [0.3, 0.4) is 0 Å². The molecule has 1 aliphatic rings. The van der Waals surface area contributed by atoms with Crippen molar-refractivity contribution in [1.29, 1.82) is 0 Å². The van der Waals surface area contributed by atoms with E-state index in [1.807, 2.05) is 0 Å². The van der Waals surface area contributed by atoms with Crippen molar-refractivity contribution >= 4 is 21.5 Å². The van der Waals surface area contributed by atoms with E-state index in [0.29, 0.717) is 31.2 Å². The first-order chi connectivity index (χ1) is 9.01. The van der Waals surface area contributed by atoms with E-state index in [1.165, 1.54) is 4.31 Å². The fourth-order valence-corrected chi connectivity index (χ4v) is 3.84. The molecule has 19 heavy (non-hydrogen) atoms. The summed E-state index contributed by atoms with van der Waals surface area (Å²) in [6.45, 7) is 1.71. The highest BCUT2D eigenvalue weighted by Crippen LogP contribution is 2.17. The minimum Gasteiger partial charge on any atom is -0.330 e. The fourth-order valence-electron chi connectivity index (χ4n) is 2.05. The molecule has 0 radical (unpaired) electrons. The molecule has 0 atom stereocenters. The zero-order valence-corrected chi connectivity index (χ0v) is 12.1. The quantitative estimate of drug-likeness (QED) is 0.677. The first-order valence-corrected chi connectivity index (χ1v) is 8.44. The molecule has 1 fully saturated rings. The monoisotopic (exact) mass is 306 g/mol. The van der Waals surface area contributed by atoms with Gasteiger partial charge in [-0.1, -0.05) is 11.3 Å². The average Bonchev–Trinajstić information content (AvgIpc) is 2.82. The van der Waals surface area contributed by atoms with Gasteiger partial charge in [0.1, 0.15) is 0 Å². The molecule has 0 bridgehead atoms. The van der Waals surface area contributed by atoms with Crippen LogP contribution in [0.4, 0.5) is 0 Å². The van der Waals surface area contributed by atoms with E-state index in [0.717, 1.165) is 24.2 Å². The number of nitrogens with one attached hydrogen (secondary N) is 2. The topological polar surface area (TPSA) is 108 Å². The summed E-state index contributed by atoms with van der Waals surface area (Å²) in [4.78, 5) is 13.3. The number of rotatable bonds is 5. The molecule has 1 aliphatic heterocycles. The van der Waals surface area contributed by atoms with Gasteiger partial charge in [-0.2, -0.15) is 17.4 Å². The highest BCUT2D eigenvalue weighted by atomic mass is 32.2. The lowest BCUT2D eigenvalue weighted by Crippen LogP contribution is -2.45. The summed E-state index contributed by atoms with van der Waals surface area (Å²) < 4.78 is 28.0. The lowest BCUT2D eigenvalue weighted by molar-refractivity contribution is 0.275. The molecule has 0 saturated carbocycles. The molecule has 0 aromatic carbocycles. The Balaban J connectivity index is 1.90. The minimum absolute atomic E-state index is 0.109. The van der Waals surface area contributed by atoms with Crippen molar-refractivity contribution < 1.29 is 8.42 Å². The van der Waals surface area contributed by atoms with Crippen molar-refractivity contribution in [3.63, 3.8) is 0 Å². The van der Waals surface area contributed by atoms with Crippen molar-refractivity contribution in [2.24, 2.45) is 11.7 Å². The van der Waals surface area contributed by atoms with Gasteiger partial charge in [0.05, 0.1) is 6.54 Å². The standard InChI is InChI=1S/C10H18N4O3S2/c11-5-8-1-3-14(4-2-8)19(16,17)12-6-9-7-18-10(15)13-9/h7-8,12H,1-6,11H2,(H,13,15). The average molecular weight is 306 g/mol. The SMILES string of the molecule is NCC1CCN(S(=O)(=O)NCc2csc(=O)[nH]2)CC1. The van der Waals surface area contributed by atoms with Crippen LogP contribution in [0.2, 0.25) is 0 Å². The Labute approximate surface area is 116 Å². The molecule has 108 valence electrons. The first-order valence-electron chi connectivity index (χ1n) is 6.13. The van der Waals surface area contributed by atoms with Crippen molar-refractivity contribution in [3.05, 3.63) is 20.7 Å². The van der Waals surface area contributed by atoms with E-state index in [-0.39, 0.29) is 11.4 Å². The van der Waals surface area contributed by atoms with Gasteiger partial charge in [0.15, 0.2) is 0 Å². The third-order valence-electron chi connectivity index (χ3n) is 3.26. The smallest absolute Gasteiger partial charge is 0.304 e. The van der Waals surface area contributed by atoms with E-state index in [4.69, 9.17) is 5.73 Å². The third kappa shape index (κ3) is 3.86. The largest absolute Gasteiger partial charge is 0.330 e. The molecule has 2 rings (SSSR count). The summed E-state index contributed by atoms with van der Waals surface area (Å²) in [6.07, 6.45) is 1.60. The van der Waals surface area contributed by atoms with Gasteiger partial charge in [-0.05, 0) is 25.3 Å². The normalized spacial score (nSPS) is 18.8. The molecule has 1 saturated heterocycles. The van der Waals surface area contributed by atoms with Crippen LogP contribution in [0.15, 0.2) is 10.2 Å². The highest BCUT2D eigenvalue weighted by Gasteiger charge is 2.27. The molecule has 0 aliphatic carbocycles. The maximum absolute atomic E-state index is 12.1. The van der Waals surface area contributed by atoms with E-state index in [9.17, 15) is 13.2 Å². The van der Waals surface area contributed by atoms with Crippen LogP contribution in [0.25, 0.3) is 0 Å². The van der Waals surface area contributed by atoms with Crippen molar-refractivity contribution in [3.8, 4) is 0 Å². The van der Waals surface area contributed by atoms with E-state index < -0.39 is 10.2 Å². The molecular formula is C10H18N4O3S2. The fraction of sp³-hybridized carbons (Fsp3) is 0.700. The Morgan fingerprint density at radius 1 is 1.47 bits per heavy atom. The van der Waals surface area contributed by atoms with Crippen LogP contribution < -0.4 is 15.3 Å². The summed E-state index contributed by atoms with van der Waals surface area (Å²) in [5, 5.41) is 1.62.